The molecule has 0 aliphatic carbocycles. The van der Waals surface area contributed by atoms with Gasteiger partial charge in [-0.3, -0.25) is 0 Å². The Morgan fingerprint density at radius 1 is 0.778 bits per heavy atom. The van der Waals surface area contributed by atoms with Gasteiger partial charge >= 0.3 is 5.63 Å². The Morgan fingerprint density at radius 2 is 1.56 bits per heavy atom. The molecule has 2 aromatic heterocycles. The van der Waals surface area contributed by atoms with Crippen LogP contribution in [0.25, 0.3) is 44.7 Å². The maximum absolute atomic E-state index is 12.5. The van der Waals surface area contributed by atoms with Crippen LogP contribution in [0.15, 0.2) is 80.4 Å². The maximum Gasteiger partial charge on any atom is 0.349 e. The van der Waals surface area contributed by atoms with Crippen LogP contribution >= 0.6 is 0 Å². The quantitative estimate of drug-likeness (QED) is 0.331. The fourth-order valence-corrected chi connectivity index (χ4v) is 3.17. The van der Waals surface area contributed by atoms with Crippen molar-refractivity contribution in [2.75, 3.05) is 0 Å². The van der Waals surface area contributed by atoms with Gasteiger partial charge in [-0.1, -0.05) is 48.0 Å². The fourth-order valence-electron chi connectivity index (χ4n) is 3.17. The predicted octanol–water partition coefficient (Wildman–Crippen LogP) is 4.97. The first-order valence-electron chi connectivity index (χ1n) is 8.55. The summed E-state index contributed by atoms with van der Waals surface area (Å²) >= 11 is 0. The van der Waals surface area contributed by atoms with Gasteiger partial charge in [-0.15, -0.1) is 10.2 Å². The molecule has 0 N–H and O–H groups in total. The summed E-state index contributed by atoms with van der Waals surface area (Å²) < 4.78 is 11.3. The van der Waals surface area contributed by atoms with Gasteiger partial charge in [0.15, 0.2) is 0 Å². The molecule has 0 fully saturated rings. The third-order valence-corrected chi connectivity index (χ3v) is 4.60. The standard InChI is InChI=1S/C22H14N2O3/c1-13-6-8-15(9-7-13)20-23-24-21(27-20)18-12-17-16-5-3-2-4-14(16)10-11-19(17)26-22(18)25/h2-12H,1H3. The SMILES string of the molecule is Cc1ccc(-c2nnc(-c3cc4c(ccc5ccccc54)oc3=O)o2)cc1. The van der Waals surface area contributed by atoms with Gasteiger partial charge in [0.25, 0.3) is 5.89 Å². The number of hydrogen-bond acceptors (Lipinski definition) is 5. The Labute approximate surface area is 153 Å². The van der Waals surface area contributed by atoms with Crippen LogP contribution in [0, 0.1) is 6.92 Å². The molecule has 0 radical (unpaired) electrons. The second-order valence-electron chi connectivity index (χ2n) is 6.42. The minimum atomic E-state index is -0.503. The van der Waals surface area contributed by atoms with Crippen LogP contribution in [-0.2, 0) is 0 Å². The lowest BCUT2D eigenvalue weighted by atomic mass is 10.0. The van der Waals surface area contributed by atoms with Gasteiger partial charge in [0.1, 0.15) is 11.1 Å². The number of aromatic nitrogens is 2. The molecule has 27 heavy (non-hydrogen) atoms. The summed E-state index contributed by atoms with van der Waals surface area (Å²) in [6.45, 7) is 2.01. The molecule has 5 rings (SSSR count). The van der Waals surface area contributed by atoms with E-state index < -0.39 is 5.63 Å². The molecule has 2 heterocycles. The monoisotopic (exact) mass is 354 g/mol. The van der Waals surface area contributed by atoms with Gasteiger partial charge in [0.05, 0.1) is 0 Å². The Balaban J connectivity index is 1.69. The summed E-state index contributed by atoms with van der Waals surface area (Å²) in [5, 5.41) is 11.0. The van der Waals surface area contributed by atoms with Crippen molar-refractivity contribution >= 4 is 21.7 Å². The number of rotatable bonds is 2. The molecule has 0 unspecified atom stereocenters. The molecule has 0 bridgehead atoms. The van der Waals surface area contributed by atoms with E-state index in [2.05, 4.69) is 10.2 Å². The highest BCUT2D eigenvalue weighted by molar-refractivity contribution is 6.06. The van der Waals surface area contributed by atoms with E-state index in [1.165, 1.54) is 0 Å². The summed E-state index contributed by atoms with van der Waals surface area (Å²) in [6.07, 6.45) is 0. The second kappa shape index (κ2) is 5.92. The van der Waals surface area contributed by atoms with Crippen LogP contribution in [0.1, 0.15) is 5.56 Å². The molecule has 3 aromatic carbocycles. The average molecular weight is 354 g/mol. The molecule has 5 aromatic rings. The van der Waals surface area contributed by atoms with Crippen molar-refractivity contribution in [3.05, 3.63) is 82.7 Å². The van der Waals surface area contributed by atoms with Crippen LogP contribution < -0.4 is 5.63 Å². The van der Waals surface area contributed by atoms with Crippen molar-refractivity contribution in [3.63, 3.8) is 0 Å². The number of hydrogen-bond donors (Lipinski definition) is 0. The molecule has 130 valence electrons. The molecule has 0 atom stereocenters. The first-order chi connectivity index (χ1) is 13.2. The molecule has 5 heteroatoms. The lowest BCUT2D eigenvalue weighted by molar-refractivity contribution is 0.547. The van der Waals surface area contributed by atoms with Crippen molar-refractivity contribution < 1.29 is 8.83 Å². The molecule has 0 spiro atoms. The largest absolute Gasteiger partial charge is 0.422 e. The molecule has 0 saturated carbocycles. The van der Waals surface area contributed by atoms with E-state index in [4.69, 9.17) is 8.83 Å². The van der Waals surface area contributed by atoms with Gasteiger partial charge in [-0.25, -0.2) is 4.79 Å². The zero-order chi connectivity index (χ0) is 18.4. The van der Waals surface area contributed by atoms with E-state index in [-0.39, 0.29) is 11.5 Å². The molecule has 0 aliphatic heterocycles. The normalized spacial score (nSPS) is 11.3. The van der Waals surface area contributed by atoms with E-state index in [9.17, 15) is 4.79 Å². The zero-order valence-corrected chi connectivity index (χ0v) is 14.5. The Hall–Kier alpha value is -3.73. The Morgan fingerprint density at radius 3 is 2.41 bits per heavy atom. The lowest BCUT2D eigenvalue weighted by Gasteiger charge is -2.03. The summed E-state index contributed by atoms with van der Waals surface area (Å²) in [4.78, 5) is 12.5. The lowest BCUT2D eigenvalue weighted by Crippen LogP contribution is -2.03. The minimum absolute atomic E-state index is 0.147. The maximum atomic E-state index is 12.5. The molecule has 0 saturated heterocycles. The van der Waals surface area contributed by atoms with Crippen LogP contribution in [-0.4, -0.2) is 10.2 Å². The second-order valence-corrected chi connectivity index (χ2v) is 6.42. The molecule has 0 aliphatic rings. The van der Waals surface area contributed by atoms with Crippen LogP contribution in [0.5, 0.6) is 0 Å². The summed E-state index contributed by atoms with van der Waals surface area (Å²) in [5.41, 5.74) is 2.22. The van der Waals surface area contributed by atoms with Crippen molar-refractivity contribution in [1.29, 1.82) is 0 Å². The van der Waals surface area contributed by atoms with Gasteiger partial charge in [-0.05, 0) is 42.0 Å². The highest BCUT2D eigenvalue weighted by atomic mass is 16.4. The van der Waals surface area contributed by atoms with Crippen molar-refractivity contribution in [2.24, 2.45) is 0 Å². The minimum Gasteiger partial charge on any atom is -0.422 e. The third-order valence-electron chi connectivity index (χ3n) is 4.60. The van der Waals surface area contributed by atoms with Crippen molar-refractivity contribution in [1.82, 2.24) is 10.2 Å². The summed E-state index contributed by atoms with van der Waals surface area (Å²) in [5.74, 6) is 0.511. The summed E-state index contributed by atoms with van der Waals surface area (Å²) in [7, 11) is 0. The molecule has 0 amide bonds. The van der Waals surface area contributed by atoms with E-state index >= 15 is 0 Å². The first kappa shape index (κ1) is 15.5. The van der Waals surface area contributed by atoms with Gasteiger partial charge in [0.2, 0.25) is 5.89 Å². The van der Waals surface area contributed by atoms with Gasteiger partial charge in [-0.2, -0.15) is 0 Å². The van der Waals surface area contributed by atoms with Crippen LogP contribution in [0.3, 0.4) is 0 Å². The molecular weight excluding hydrogens is 340 g/mol. The van der Waals surface area contributed by atoms with Crippen molar-refractivity contribution in [2.45, 2.75) is 6.92 Å². The highest BCUT2D eigenvalue weighted by Crippen LogP contribution is 2.28. The van der Waals surface area contributed by atoms with E-state index in [1.807, 2.05) is 61.5 Å². The predicted molar refractivity (Wildman–Crippen MR) is 103 cm³/mol. The topological polar surface area (TPSA) is 69.1 Å². The average Bonchev–Trinajstić information content (AvgIpc) is 3.17. The van der Waals surface area contributed by atoms with Gasteiger partial charge in [0, 0.05) is 10.9 Å². The van der Waals surface area contributed by atoms with E-state index in [0.717, 1.165) is 27.3 Å². The summed E-state index contributed by atoms with van der Waals surface area (Å²) in [6, 6.07) is 21.2. The van der Waals surface area contributed by atoms with Crippen LogP contribution in [0.4, 0.5) is 0 Å². The van der Waals surface area contributed by atoms with Crippen LogP contribution in [0.2, 0.25) is 0 Å². The Kier molecular flexibility index (Phi) is 3.40. The number of aryl methyl sites for hydroxylation is 1. The van der Waals surface area contributed by atoms with Gasteiger partial charge < -0.3 is 8.83 Å². The smallest absolute Gasteiger partial charge is 0.349 e. The number of nitrogens with zero attached hydrogens (tertiary/aromatic N) is 2. The zero-order valence-electron chi connectivity index (χ0n) is 14.5. The number of benzene rings is 3. The number of fused-ring (bicyclic) bond motifs is 3. The first-order valence-corrected chi connectivity index (χ1v) is 8.55. The fraction of sp³-hybridized carbons (Fsp3) is 0.0455. The molecular formula is C22H14N2O3. The Bertz CT molecular complexity index is 1350. The highest BCUT2D eigenvalue weighted by Gasteiger charge is 2.16. The van der Waals surface area contributed by atoms with E-state index in [1.54, 1.807) is 12.1 Å². The third kappa shape index (κ3) is 2.60. The van der Waals surface area contributed by atoms with E-state index in [0.29, 0.717) is 11.5 Å². The molecule has 5 nitrogen and oxygen atoms in total. The van der Waals surface area contributed by atoms with Crippen molar-refractivity contribution in [3.8, 4) is 22.9 Å².